The van der Waals surface area contributed by atoms with Gasteiger partial charge in [0.15, 0.2) is 0 Å². The van der Waals surface area contributed by atoms with Crippen molar-refractivity contribution in [3.63, 3.8) is 0 Å². The van der Waals surface area contributed by atoms with Crippen LogP contribution in [-0.4, -0.2) is 7.05 Å². The average molecular weight is 432 g/mol. The summed E-state index contributed by atoms with van der Waals surface area (Å²) in [5.41, 5.74) is 5.87. The second kappa shape index (κ2) is 10.5. The molecular weight excluding hydrogens is 374 g/mol. The zero-order valence-corrected chi connectivity index (χ0v) is 22.4. The van der Waals surface area contributed by atoms with Crippen LogP contribution < -0.4 is 5.73 Å². The second-order valence-electron chi connectivity index (χ2n) is 13.2. The first-order valence-electron chi connectivity index (χ1n) is 14.4. The van der Waals surface area contributed by atoms with Gasteiger partial charge in [-0.15, -0.1) is 0 Å². The predicted molar refractivity (Wildman–Crippen MR) is 137 cm³/mol. The quantitative estimate of drug-likeness (QED) is 0.447. The number of hydrogen-bond donors (Lipinski definition) is 1. The Labute approximate surface area is 196 Å². The first kappa shape index (κ1) is 25.6. The van der Waals surface area contributed by atoms with Crippen LogP contribution in [0, 0.1) is 58.2 Å². The summed E-state index contributed by atoms with van der Waals surface area (Å²) in [6.07, 6.45) is 19.8. The maximum absolute atomic E-state index is 4.50. The summed E-state index contributed by atoms with van der Waals surface area (Å²) in [6, 6.07) is 0. The monoisotopic (exact) mass is 431 g/mol. The van der Waals surface area contributed by atoms with Crippen LogP contribution in [0.25, 0.3) is 0 Å². The Hall–Kier alpha value is -0.0400. The van der Waals surface area contributed by atoms with Gasteiger partial charge in [-0.2, -0.15) is 0 Å². The number of nitrogens with two attached hydrogens (primary N) is 1. The fourth-order valence-electron chi connectivity index (χ4n) is 10.1. The summed E-state index contributed by atoms with van der Waals surface area (Å²) in [6.45, 7) is 15.4. The van der Waals surface area contributed by atoms with E-state index in [0.29, 0.717) is 10.8 Å². The number of rotatable bonds is 6. The zero-order chi connectivity index (χ0) is 22.8. The minimum absolute atomic E-state index is 0.661. The number of fused-ring (bicyclic) bond motifs is 5. The molecule has 4 aliphatic rings. The highest BCUT2D eigenvalue weighted by atomic mass is 14.6. The molecule has 2 N–H and O–H groups in total. The smallest absolute Gasteiger partial charge is 0.0195 e. The van der Waals surface area contributed by atoms with E-state index in [1.54, 1.807) is 51.4 Å². The van der Waals surface area contributed by atoms with E-state index in [9.17, 15) is 0 Å². The standard InChI is InChI=1S/C29H52.CH5N/c1-7-22(18-20(2)3)19-21(4)25-13-14-26-24-12-11-23-10-8-9-16-28(23,5)27(24)15-17-29(25,26)6;1-2/h20-27H,7-19H2,1-6H3;2H2,1H3. The molecule has 0 radical (unpaired) electrons. The second-order valence-corrected chi connectivity index (χ2v) is 13.2. The number of hydrogen-bond acceptors (Lipinski definition) is 1. The van der Waals surface area contributed by atoms with Crippen LogP contribution in [0.1, 0.15) is 125 Å². The van der Waals surface area contributed by atoms with Crippen LogP contribution in [0.5, 0.6) is 0 Å². The lowest BCUT2D eigenvalue weighted by Gasteiger charge is -2.61. The van der Waals surface area contributed by atoms with Gasteiger partial charge in [-0.05, 0) is 129 Å². The van der Waals surface area contributed by atoms with Gasteiger partial charge in [0, 0.05) is 0 Å². The highest BCUT2D eigenvalue weighted by Crippen LogP contribution is 2.68. The maximum atomic E-state index is 4.50. The van der Waals surface area contributed by atoms with Crippen LogP contribution in [-0.2, 0) is 0 Å². The Kier molecular flexibility index (Phi) is 8.65. The van der Waals surface area contributed by atoms with Gasteiger partial charge in [-0.3, -0.25) is 0 Å². The minimum atomic E-state index is 0.661. The Morgan fingerprint density at radius 3 is 2.16 bits per heavy atom. The zero-order valence-electron chi connectivity index (χ0n) is 22.4. The van der Waals surface area contributed by atoms with E-state index in [1.165, 1.54) is 39.2 Å². The molecule has 1 heteroatoms. The fraction of sp³-hybridized carbons (Fsp3) is 1.00. The van der Waals surface area contributed by atoms with E-state index in [0.717, 1.165) is 47.3 Å². The molecule has 31 heavy (non-hydrogen) atoms. The molecule has 0 aromatic rings. The van der Waals surface area contributed by atoms with Crippen molar-refractivity contribution in [2.45, 2.75) is 125 Å². The van der Waals surface area contributed by atoms with Gasteiger partial charge in [0.2, 0.25) is 0 Å². The van der Waals surface area contributed by atoms with Crippen molar-refractivity contribution in [2.75, 3.05) is 7.05 Å². The normalized spacial score (nSPS) is 43.8. The molecular formula is C30H57N. The van der Waals surface area contributed by atoms with Crippen LogP contribution in [0.4, 0.5) is 0 Å². The Morgan fingerprint density at radius 1 is 0.774 bits per heavy atom. The highest BCUT2D eigenvalue weighted by molar-refractivity contribution is 5.09. The van der Waals surface area contributed by atoms with E-state index in [-0.39, 0.29) is 0 Å². The lowest BCUT2D eigenvalue weighted by Crippen LogP contribution is -2.53. The summed E-state index contributed by atoms with van der Waals surface area (Å²) in [5.74, 6) is 8.03. The SMILES string of the molecule is CCC(CC(C)C)CC(C)C1CCC2C3CCC4CCCCC4(C)C3CCC12C.CN. The van der Waals surface area contributed by atoms with Crippen molar-refractivity contribution in [2.24, 2.45) is 63.9 Å². The molecule has 0 spiro atoms. The van der Waals surface area contributed by atoms with Gasteiger partial charge in [-0.25, -0.2) is 0 Å². The van der Waals surface area contributed by atoms with Crippen molar-refractivity contribution < 1.29 is 0 Å². The largest absolute Gasteiger partial charge is 0.333 e. The van der Waals surface area contributed by atoms with Crippen LogP contribution in [0.15, 0.2) is 0 Å². The molecule has 4 aliphatic carbocycles. The van der Waals surface area contributed by atoms with Crippen molar-refractivity contribution in [3.8, 4) is 0 Å². The highest BCUT2D eigenvalue weighted by Gasteiger charge is 2.60. The molecule has 0 amide bonds. The molecule has 4 rings (SSSR count). The molecule has 0 bridgehead atoms. The van der Waals surface area contributed by atoms with Gasteiger partial charge in [0.25, 0.3) is 0 Å². The van der Waals surface area contributed by atoms with Crippen molar-refractivity contribution >= 4 is 0 Å². The van der Waals surface area contributed by atoms with Gasteiger partial charge in [0.05, 0.1) is 0 Å². The molecule has 4 fully saturated rings. The van der Waals surface area contributed by atoms with E-state index in [1.807, 2.05) is 0 Å². The summed E-state index contributed by atoms with van der Waals surface area (Å²) >= 11 is 0. The fourth-order valence-corrected chi connectivity index (χ4v) is 10.1. The summed E-state index contributed by atoms with van der Waals surface area (Å²) in [7, 11) is 1.50. The molecule has 9 unspecified atom stereocenters. The molecule has 182 valence electrons. The van der Waals surface area contributed by atoms with E-state index >= 15 is 0 Å². The summed E-state index contributed by atoms with van der Waals surface area (Å²) in [5, 5.41) is 0. The predicted octanol–water partition coefficient (Wildman–Crippen LogP) is 8.71. The maximum Gasteiger partial charge on any atom is -0.0195 e. The van der Waals surface area contributed by atoms with Gasteiger partial charge >= 0.3 is 0 Å². The molecule has 1 nitrogen and oxygen atoms in total. The van der Waals surface area contributed by atoms with E-state index < -0.39 is 0 Å². The van der Waals surface area contributed by atoms with E-state index in [2.05, 4.69) is 47.3 Å². The summed E-state index contributed by atoms with van der Waals surface area (Å²) in [4.78, 5) is 0. The first-order valence-corrected chi connectivity index (χ1v) is 14.4. The molecule has 0 heterocycles. The van der Waals surface area contributed by atoms with Crippen LogP contribution >= 0.6 is 0 Å². The van der Waals surface area contributed by atoms with Gasteiger partial charge in [0.1, 0.15) is 0 Å². The molecule has 0 aromatic carbocycles. The van der Waals surface area contributed by atoms with Crippen molar-refractivity contribution in [3.05, 3.63) is 0 Å². The topological polar surface area (TPSA) is 26.0 Å². The van der Waals surface area contributed by atoms with E-state index in [4.69, 9.17) is 0 Å². The lowest BCUT2D eigenvalue weighted by atomic mass is 9.44. The molecule has 0 aromatic heterocycles. The third-order valence-corrected chi connectivity index (χ3v) is 11.4. The third-order valence-electron chi connectivity index (χ3n) is 11.4. The van der Waals surface area contributed by atoms with Gasteiger partial charge in [-0.1, -0.05) is 60.8 Å². The summed E-state index contributed by atoms with van der Waals surface area (Å²) < 4.78 is 0. The Balaban J connectivity index is 0.00000132. The Bertz CT molecular complexity index is 555. The van der Waals surface area contributed by atoms with Crippen LogP contribution in [0.3, 0.4) is 0 Å². The van der Waals surface area contributed by atoms with Crippen LogP contribution in [0.2, 0.25) is 0 Å². The molecule has 9 atom stereocenters. The van der Waals surface area contributed by atoms with Gasteiger partial charge < -0.3 is 5.73 Å². The third kappa shape index (κ3) is 4.79. The molecule has 4 saturated carbocycles. The Morgan fingerprint density at radius 2 is 1.48 bits per heavy atom. The van der Waals surface area contributed by atoms with Crippen molar-refractivity contribution in [1.82, 2.24) is 0 Å². The van der Waals surface area contributed by atoms with Crippen molar-refractivity contribution in [1.29, 1.82) is 0 Å². The first-order chi connectivity index (χ1) is 14.8. The minimum Gasteiger partial charge on any atom is -0.333 e. The lowest BCUT2D eigenvalue weighted by molar-refractivity contribution is -0.114. The average Bonchev–Trinajstić information content (AvgIpc) is 3.11. The molecule has 0 aliphatic heterocycles. The molecule has 0 saturated heterocycles.